The second-order valence-corrected chi connectivity index (χ2v) is 3.07. The SMILES string of the molecule is Fc1cc(Cl)ncc1-c1nccnc1F. The van der Waals surface area contributed by atoms with E-state index in [1.54, 1.807) is 0 Å². The predicted octanol–water partition coefficient (Wildman–Crippen LogP) is 2.47. The van der Waals surface area contributed by atoms with Crippen molar-refractivity contribution in [1.29, 1.82) is 0 Å². The molecule has 0 atom stereocenters. The van der Waals surface area contributed by atoms with E-state index in [0.717, 1.165) is 12.3 Å². The molecule has 0 bridgehead atoms. The van der Waals surface area contributed by atoms with Gasteiger partial charge in [-0.1, -0.05) is 11.6 Å². The number of rotatable bonds is 1. The van der Waals surface area contributed by atoms with Gasteiger partial charge in [0.1, 0.15) is 16.7 Å². The van der Waals surface area contributed by atoms with Gasteiger partial charge in [0.15, 0.2) is 0 Å². The Balaban J connectivity index is 2.60. The maximum atomic E-state index is 13.4. The molecule has 0 saturated heterocycles. The van der Waals surface area contributed by atoms with Gasteiger partial charge in [0, 0.05) is 24.7 Å². The molecule has 2 heterocycles. The molecule has 0 amide bonds. The minimum atomic E-state index is -0.847. The van der Waals surface area contributed by atoms with Crippen LogP contribution in [-0.4, -0.2) is 15.0 Å². The fourth-order valence-electron chi connectivity index (χ4n) is 1.08. The summed E-state index contributed by atoms with van der Waals surface area (Å²) in [4.78, 5) is 10.7. The maximum Gasteiger partial charge on any atom is 0.239 e. The first-order valence-electron chi connectivity index (χ1n) is 3.96. The van der Waals surface area contributed by atoms with E-state index in [1.807, 2.05) is 0 Å². The topological polar surface area (TPSA) is 38.7 Å². The van der Waals surface area contributed by atoms with Gasteiger partial charge in [-0.05, 0) is 0 Å². The van der Waals surface area contributed by atoms with Crippen LogP contribution in [0.1, 0.15) is 0 Å². The fourth-order valence-corrected chi connectivity index (χ4v) is 1.23. The van der Waals surface area contributed by atoms with Crippen molar-refractivity contribution in [2.75, 3.05) is 0 Å². The van der Waals surface area contributed by atoms with Crippen molar-refractivity contribution in [1.82, 2.24) is 15.0 Å². The molecule has 76 valence electrons. The molecule has 3 nitrogen and oxygen atoms in total. The van der Waals surface area contributed by atoms with Gasteiger partial charge in [0.25, 0.3) is 0 Å². The van der Waals surface area contributed by atoms with Crippen LogP contribution in [0.3, 0.4) is 0 Å². The van der Waals surface area contributed by atoms with Gasteiger partial charge in [-0.15, -0.1) is 0 Å². The summed E-state index contributed by atoms with van der Waals surface area (Å²) in [6.45, 7) is 0. The summed E-state index contributed by atoms with van der Waals surface area (Å²) >= 11 is 5.46. The zero-order valence-corrected chi connectivity index (χ0v) is 8.04. The van der Waals surface area contributed by atoms with Crippen LogP contribution in [0.5, 0.6) is 0 Å². The van der Waals surface area contributed by atoms with Crippen LogP contribution in [0.4, 0.5) is 8.78 Å². The van der Waals surface area contributed by atoms with Gasteiger partial charge in [0.05, 0.1) is 5.56 Å². The summed E-state index contributed by atoms with van der Waals surface area (Å²) in [5.41, 5.74) is -0.246. The lowest BCUT2D eigenvalue weighted by Crippen LogP contribution is -1.95. The third-order valence-corrected chi connectivity index (χ3v) is 1.94. The van der Waals surface area contributed by atoms with Crippen molar-refractivity contribution in [2.24, 2.45) is 0 Å². The van der Waals surface area contributed by atoms with Crippen molar-refractivity contribution >= 4 is 11.6 Å². The molecule has 0 aliphatic rings. The van der Waals surface area contributed by atoms with Crippen molar-refractivity contribution in [3.05, 3.63) is 41.6 Å². The predicted molar refractivity (Wildman–Crippen MR) is 50.2 cm³/mol. The van der Waals surface area contributed by atoms with Crippen LogP contribution in [-0.2, 0) is 0 Å². The molecular formula is C9H4ClF2N3. The van der Waals surface area contributed by atoms with E-state index in [0.29, 0.717) is 0 Å². The zero-order valence-electron chi connectivity index (χ0n) is 7.28. The molecule has 0 fully saturated rings. The van der Waals surface area contributed by atoms with Crippen LogP contribution < -0.4 is 0 Å². The van der Waals surface area contributed by atoms with Crippen molar-refractivity contribution in [3.8, 4) is 11.3 Å². The highest BCUT2D eigenvalue weighted by Crippen LogP contribution is 2.22. The molecule has 0 unspecified atom stereocenters. The number of hydrogen-bond acceptors (Lipinski definition) is 3. The van der Waals surface area contributed by atoms with Crippen LogP contribution in [0, 0.1) is 11.8 Å². The molecule has 0 aromatic carbocycles. The van der Waals surface area contributed by atoms with Gasteiger partial charge in [0.2, 0.25) is 5.95 Å². The smallest absolute Gasteiger partial charge is 0.239 e. The molecular weight excluding hydrogens is 224 g/mol. The Bertz CT molecular complexity index is 504. The molecule has 0 N–H and O–H groups in total. The summed E-state index contributed by atoms with van der Waals surface area (Å²) < 4.78 is 26.5. The third-order valence-electron chi connectivity index (χ3n) is 1.73. The van der Waals surface area contributed by atoms with E-state index in [1.165, 1.54) is 12.4 Å². The van der Waals surface area contributed by atoms with Crippen molar-refractivity contribution < 1.29 is 8.78 Å². The molecule has 15 heavy (non-hydrogen) atoms. The molecule has 0 aliphatic heterocycles. The molecule has 2 rings (SSSR count). The standard InChI is InChI=1S/C9H4ClF2N3/c10-7-3-6(11)5(4-15-7)8-9(12)14-2-1-13-8/h1-4H. The number of halogens is 3. The monoisotopic (exact) mass is 227 g/mol. The van der Waals surface area contributed by atoms with E-state index in [-0.39, 0.29) is 16.4 Å². The summed E-state index contributed by atoms with van der Waals surface area (Å²) in [7, 11) is 0. The Kier molecular flexibility index (Phi) is 2.55. The maximum absolute atomic E-state index is 13.4. The molecule has 0 saturated carbocycles. The van der Waals surface area contributed by atoms with E-state index in [4.69, 9.17) is 11.6 Å². The first kappa shape index (κ1) is 9.92. The van der Waals surface area contributed by atoms with Gasteiger partial charge in [-0.25, -0.2) is 19.3 Å². The Morgan fingerprint density at radius 1 is 1.07 bits per heavy atom. The average Bonchev–Trinajstić information content (AvgIpc) is 2.20. The minimum absolute atomic E-state index is 0.000508. The number of aromatic nitrogens is 3. The normalized spacial score (nSPS) is 10.3. The molecule has 0 radical (unpaired) electrons. The van der Waals surface area contributed by atoms with E-state index >= 15 is 0 Å². The Labute approximate surface area is 88.8 Å². The van der Waals surface area contributed by atoms with Crippen LogP contribution in [0.25, 0.3) is 11.3 Å². The summed E-state index contributed by atoms with van der Waals surface area (Å²) in [6, 6.07) is 0.991. The van der Waals surface area contributed by atoms with E-state index in [9.17, 15) is 8.78 Å². The highest BCUT2D eigenvalue weighted by atomic mass is 35.5. The summed E-state index contributed by atoms with van der Waals surface area (Å²) in [6.07, 6.45) is 3.57. The van der Waals surface area contributed by atoms with Crippen LogP contribution >= 0.6 is 11.6 Å². The molecule has 2 aromatic rings. The molecule has 0 spiro atoms. The Hall–Kier alpha value is -1.62. The molecule has 2 aromatic heterocycles. The first-order valence-corrected chi connectivity index (χ1v) is 4.34. The zero-order chi connectivity index (χ0) is 10.8. The Morgan fingerprint density at radius 3 is 2.47 bits per heavy atom. The summed E-state index contributed by atoms with van der Waals surface area (Å²) in [5.74, 6) is -1.53. The quantitative estimate of drug-likeness (QED) is 0.703. The van der Waals surface area contributed by atoms with E-state index in [2.05, 4.69) is 15.0 Å². The highest BCUT2D eigenvalue weighted by Gasteiger charge is 2.12. The lowest BCUT2D eigenvalue weighted by Gasteiger charge is -2.02. The lowest BCUT2D eigenvalue weighted by molar-refractivity contribution is 0.576. The van der Waals surface area contributed by atoms with Gasteiger partial charge in [-0.3, -0.25) is 0 Å². The summed E-state index contributed by atoms with van der Waals surface area (Å²) in [5, 5.41) is 0.000508. The Morgan fingerprint density at radius 2 is 1.80 bits per heavy atom. The van der Waals surface area contributed by atoms with Gasteiger partial charge in [-0.2, -0.15) is 4.39 Å². The second kappa shape index (κ2) is 3.86. The largest absolute Gasteiger partial charge is 0.250 e. The number of hydrogen-bond donors (Lipinski definition) is 0. The molecule has 0 aliphatic carbocycles. The lowest BCUT2D eigenvalue weighted by atomic mass is 10.2. The molecule has 6 heteroatoms. The number of nitrogens with zero attached hydrogens (tertiary/aromatic N) is 3. The highest BCUT2D eigenvalue weighted by molar-refractivity contribution is 6.29. The van der Waals surface area contributed by atoms with Gasteiger partial charge < -0.3 is 0 Å². The average molecular weight is 228 g/mol. The van der Waals surface area contributed by atoms with E-state index < -0.39 is 11.8 Å². The van der Waals surface area contributed by atoms with Crippen molar-refractivity contribution in [2.45, 2.75) is 0 Å². The van der Waals surface area contributed by atoms with Crippen molar-refractivity contribution in [3.63, 3.8) is 0 Å². The van der Waals surface area contributed by atoms with Crippen LogP contribution in [0.2, 0.25) is 5.15 Å². The number of pyridine rings is 1. The minimum Gasteiger partial charge on any atom is -0.250 e. The first-order chi connectivity index (χ1) is 7.18. The third kappa shape index (κ3) is 1.92. The second-order valence-electron chi connectivity index (χ2n) is 2.68. The van der Waals surface area contributed by atoms with Gasteiger partial charge >= 0.3 is 0 Å². The van der Waals surface area contributed by atoms with Crippen LogP contribution in [0.15, 0.2) is 24.7 Å². The fraction of sp³-hybridized carbons (Fsp3) is 0.